The standard InChI is InChI=1S/C8H13NO/c1-6(9)4-8(10)5-7-2-3-7/h4,7H,2-3,5,9H2,1H3/b6-4+. The molecule has 0 aliphatic heterocycles. The molecule has 0 aromatic rings. The van der Waals surface area contributed by atoms with Gasteiger partial charge in [-0.15, -0.1) is 0 Å². The molecule has 1 rings (SSSR count). The largest absolute Gasteiger partial charge is 0.402 e. The molecule has 0 amide bonds. The summed E-state index contributed by atoms with van der Waals surface area (Å²) in [5.74, 6) is 0.852. The summed E-state index contributed by atoms with van der Waals surface area (Å²) in [6.07, 6.45) is 4.68. The molecule has 1 aliphatic carbocycles. The zero-order chi connectivity index (χ0) is 7.56. The molecule has 0 unspecified atom stereocenters. The van der Waals surface area contributed by atoms with Crippen molar-refractivity contribution in [3.05, 3.63) is 11.8 Å². The predicted molar refractivity (Wildman–Crippen MR) is 40.3 cm³/mol. The highest BCUT2D eigenvalue weighted by atomic mass is 16.1. The van der Waals surface area contributed by atoms with E-state index in [4.69, 9.17) is 5.73 Å². The Hall–Kier alpha value is -0.790. The zero-order valence-electron chi connectivity index (χ0n) is 6.26. The number of carbonyl (C=O) groups excluding carboxylic acids is 1. The van der Waals surface area contributed by atoms with Crippen molar-refractivity contribution in [2.45, 2.75) is 26.2 Å². The fourth-order valence-electron chi connectivity index (χ4n) is 0.919. The molecule has 2 heteroatoms. The van der Waals surface area contributed by atoms with E-state index >= 15 is 0 Å². The van der Waals surface area contributed by atoms with Crippen LogP contribution in [0.15, 0.2) is 11.8 Å². The minimum Gasteiger partial charge on any atom is -0.402 e. The maximum absolute atomic E-state index is 10.9. The van der Waals surface area contributed by atoms with E-state index in [1.807, 2.05) is 0 Å². The third-order valence-electron chi connectivity index (χ3n) is 1.58. The van der Waals surface area contributed by atoms with Crippen molar-refractivity contribution in [1.82, 2.24) is 0 Å². The fourth-order valence-corrected chi connectivity index (χ4v) is 0.919. The summed E-state index contributed by atoms with van der Waals surface area (Å²) in [5.41, 5.74) is 5.95. The quantitative estimate of drug-likeness (QED) is 0.597. The van der Waals surface area contributed by atoms with Gasteiger partial charge < -0.3 is 5.73 Å². The molecule has 10 heavy (non-hydrogen) atoms. The zero-order valence-corrected chi connectivity index (χ0v) is 6.26. The van der Waals surface area contributed by atoms with Gasteiger partial charge in [0.05, 0.1) is 0 Å². The normalized spacial score (nSPS) is 19.1. The van der Waals surface area contributed by atoms with Crippen LogP contribution in [0.25, 0.3) is 0 Å². The Balaban J connectivity index is 2.26. The van der Waals surface area contributed by atoms with Crippen molar-refractivity contribution in [3.8, 4) is 0 Å². The summed E-state index contributed by atoms with van der Waals surface area (Å²) < 4.78 is 0. The second-order valence-corrected chi connectivity index (χ2v) is 3.00. The summed E-state index contributed by atoms with van der Waals surface area (Å²) in [4.78, 5) is 10.9. The molecule has 0 radical (unpaired) electrons. The van der Waals surface area contributed by atoms with E-state index in [-0.39, 0.29) is 5.78 Å². The van der Waals surface area contributed by atoms with Gasteiger partial charge in [0.15, 0.2) is 5.78 Å². The van der Waals surface area contributed by atoms with Crippen LogP contribution in [-0.2, 0) is 4.79 Å². The van der Waals surface area contributed by atoms with Crippen LogP contribution in [0, 0.1) is 5.92 Å². The first-order chi connectivity index (χ1) is 4.68. The Morgan fingerprint density at radius 2 is 2.30 bits per heavy atom. The van der Waals surface area contributed by atoms with Crippen LogP contribution in [0.1, 0.15) is 26.2 Å². The van der Waals surface area contributed by atoms with Crippen molar-refractivity contribution in [1.29, 1.82) is 0 Å². The van der Waals surface area contributed by atoms with E-state index in [0.717, 1.165) is 0 Å². The highest BCUT2D eigenvalue weighted by Gasteiger charge is 2.23. The summed E-state index contributed by atoms with van der Waals surface area (Å²) >= 11 is 0. The van der Waals surface area contributed by atoms with Gasteiger partial charge >= 0.3 is 0 Å². The molecule has 1 fully saturated rings. The molecule has 2 nitrogen and oxygen atoms in total. The molecular formula is C8H13NO. The Morgan fingerprint density at radius 1 is 1.70 bits per heavy atom. The maximum Gasteiger partial charge on any atom is 0.157 e. The van der Waals surface area contributed by atoms with Crippen LogP contribution in [0.2, 0.25) is 0 Å². The van der Waals surface area contributed by atoms with E-state index in [1.165, 1.54) is 18.9 Å². The molecule has 1 aliphatic rings. The van der Waals surface area contributed by atoms with E-state index in [9.17, 15) is 4.79 Å². The van der Waals surface area contributed by atoms with Gasteiger partial charge in [-0.3, -0.25) is 4.79 Å². The maximum atomic E-state index is 10.9. The molecule has 1 saturated carbocycles. The van der Waals surface area contributed by atoms with Crippen molar-refractivity contribution < 1.29 is 4.79 Å². The summed E-state index contributed by atoms with van der Waals surface area (Å²) in [6, 6.07) is 0. The number of rotatable bonds is 3. The average Bonchev–Trinajstić information content (AvgIpc) is 2.46. The van der Waals surface area contributed by atoms with Gasteiger partial charge in [0, 0.05) is 12.1 Å². The molecule has 0 heterocycles. The van der Waals surface area contributed by atoms with Gasteiger partial charge in [-0.1, -0.05) is 0 Å². The molecule has 0 aromatic heterocycles. The van der Waals surface area contributed by atoms with Gasteiger partial charge in [-0.25, -0.2) is 0 Å². The van der Waals surface area contributed by atoms with E-state index in [1.54, 1.807) is 6.92 Å². The highest BCUT2D eigenvalue weighted by molar-refractivity contribution is 5.90. The van der Waals surface area contributed by atoms with Gasteiger partial charge in [0.1, 0.15) is 0 Å². The Morgan fingerprint density at radius 3 is 2.70 bits per heavy atom. The molecule has 56 valence electrons. The Labute approximate surface area is 61.1 Å². The monoisotopic (exact) mass is 139 g/mol. The summed E-state index contributed by atoms with van der Waals surface area (Å²) in [5, 5.41) is 0. The number of hydrogen-bond acceptors (Lipinski definition) is 2. The minimum atomic E-state index is 0.183. The Bertz CT molecular complexity index is 164. The number of ketones is 1. The third kappa shape index (κ3) is 2.67. The van der Waals surface area contributed by atoms with Gasteiger partial charge in [0.25, 0.3) is 0 Å². The van der Waals surface area contributed by atoms with Gasteiger partial charge in [0.2, 0.25) is 0 Å². The first kappa shape index (κ1) is 7.32. The van der Waals surface area contributed by atoms with Crippen LogP contribution in [0.4, 0.5) is 0 Å². The first-order valence-corrected chi connectivity index (χ1v) is 3.65. The highest BCUT2D eigenvalue weighted by Crippen LogP contribution is 2.32. The second-order valence-electron chi connectivity index (χ2n) is 3.00. The van der Waals surface area contributed by atoms with Crippen molar-refractivity contribution >= 4 is 5.78 Å². The SMILES string of the molecule is C/C(N)=C\C(=O)CC1CC1. The van der Waals surface area contributed by atoms with Crippen LogP contribution in [0.5, 0.6) is 0 Å². The minimum absolute atomic E-state index is 0.183. The van der Waals surface area contributed by atoms with Crippen LogP contribution in [-0.4, -0.2) is 5.78 Å². The molecule has 0 bridgehead atoms. The van der Waals surface area contributed by atoms with Crippen LogP contribution in [0.3, 0.4) is 0 Å². The third-order valence-corrected chi connectivity index (χ3v) is 1.58. The van der Waals surface area contributed by atoms with E-state index < -0.39 is 0 Å². The second kappa shape index (κ2) is 2.86. The topological polar surface area (TPSA) is 43.1 Å². The van der Waals surface area contributed by atoms with Gasteiger partial charge in [-0.2, -0.15) is 0 Å². The lowest BCUT2D eigenvalue weighted by Gasteiger charge is -1.91. The van der Waals surface area contributed by atoms with Crippen molar-refractivity contribution in [2.24, 2.45) is 11.7 Å². The van der Waals surface area contributed by atoms with Crippen molar-refractivity contribution in [2.75, 3.05) is 0 Å². The molecule has 0 saturated heterocycles. The van der Waals surface area contributed by atoms with E-state index in [0.29, 0.717) is 18.0 Å². The summed E-state index contributed by atoms with van der Waals surface area (Å²) in [7, 11) is 0. The summed E-state index contributed by atoms with van der Waals surface area (Å²) in [6.45, 7) is 1.74. The lowest BCUT2D eigenvalue weighted by molar-refractivity contribution is -0.114. The molecule has 0 spiro atoms. The molecular weight excluding hydrogens is 126 g/mol. The fraction of sp³-hybridized carbons (Fsp3) is 0.625. The lowest BCUT2D eigenvalue weighted by atomic mass is 10.2. The lowest BCUT2D eigenvalue weighted by Crippen LogP contribution is -1.99. The molecule has 2 N–H and O–H groups in total. The molecule has 0 aromatic carbocycles. The average molecular weight is 139 g/mol. The Kier molecular flexibility index (Phi) is 2.10. The molecule has 0 atom stereocenters. The number of hydrogen-bond donors (Lipinski definition) is 1. The number of carbonyl (C=O) groups is 1. The van der Waals surface area contributed by atoms with Crippen LogP contribution >= 0.6 is 0 Å². The number of nitrogens with two attached hydrogens (primary N) is 1. The smallest absolute Gasteiger partial charge is 0.157 e. The van der Waals surface area contributed by atoms with Gasteiger partial charge in [-0.05, 0) is 31.8 Å². The first-order valence-electron chi connectivity index (χ1n) is 3.65. The predicted octanol–water partition coefficient (Wildman–Crippen LogP) is 1.22. The number of allylic oxidation sites excluding steroid dienone is 2. The van der Waals surface area contributed by atoms with Crippen LogP contribution < -0.4 is 5.73 Å². The van der Waals surface area contributed by atoms with E-state index in [2.05, 4.69) is 0 Å². The van der Waals surface area contributed by atoms with Crippen molar-refractivity contribution in [3.63, 3.8) is 0 Å².